The van der Waals surface area contributed by atoms with Crippen molar-refractivity contribution in [1.82, 2.24) is 10.3 Å². The summed E-state index contributed by atoms with van der Waals surface area (Å²) in [5.74, 6) is -2.00. The summed E-state index contributed by atoms with van der Waals surface area (Å²) in [5.41, 5.74) is -0.211. The van der Waals surface area contributed by atoms with Gasteiger partial charge in [-0.05, 0) is 83.3 Å². The van der Waals surface area contributed by atoms with Crippen molar-refractivity contribution in [1.29, 1.82) is 0 Å². The Morgan fingerprint density at radius 2 is 1.64 bits per heavy atom. The highest BCUT2D eigenvalue weighted by atomic mass is 16.6. The van der Waals surface area contributed by atoms with Crippen LogP contribution < -0.4 is 5.32 Å². The average molecular weight is 608 g/mol. The van der Waals surface area contributed by atoms with E-state index in [-0.39, 0.29) is 23.6 Å². The van der Waals surface area contributed by atoms with E-state index in [4.69, 9.17) is 9.47 Å². The van der Waals surface area contributed by atoms with Gasteiger partial charge in [0.2, 0.25) is 5.91 Å². The lowest BCUT2D eigenvalue weighted by Gasteiger charge is -2.18. The van der Waals surface area contributed by atoms with Gasteiger partial charge in [-0.3, -0.25) is 14.6 Å². The summed E-state index contributed by atoms with van der Waals surface area (Å²) in [4.78, 5) is 57.1. The van der Waals surface area contributed by atoms with Gasteiger partial charge in [0, 0.05) is 18.8 Å². The summed E-state index contributed by atoms with van der Waals surface area (Å²) in [6, 6.07) is 2.09. The van der Waals surface area contributed by atoms with Crippen LogP contribution in [-0.2, 0) is 23.9 Å². The smallest absolute Gasteiger partial charge is 0.356 e. The van der Waals surface area contributed by atoms with Crippen LogP contribution in [0, 0.1) is 5.92 Å². The molecule has 240 valence electrons. The maximum absolute atomic E-state index is 12.5. The highest BCUT2D eigenvalue weighted by Gasteiger charge is 2.27. The third kappa shape index (κ3) is 17.1. The molecule has 0 aromatic carbocycles. The van der Waals surface area contributed by atoms with Crippen molar-refractivity contribution in [2.75, 3.05) is 7.11 Å². The summed E-state index contributed by atoms with van der Waals surface area (Å²) >= 11 is 0. The molecule has 0 fully saturated rings. The summed E-state index contributed by atoms with van der Waals surface area (Å²) in [6.45, 7) is 7.33. The Bertz CT molecular complexity index is 1170. The third-order valence-electron chi connectivity index (χ3n) is 6.52. The van der Waals surface area contributed by atoms with E-state index in [1.807, 2.05) is 6.08 Å². The van der Waals surface area contributed by atoms with E-state index in [0.29, 0.717) is 12.3 Å². The van der Waals surface area contributed by atoms with Crippen molar-refractivity contribution in [3.05, 3.63) is 78.7 Å². The van der Waals surface area contributed by atoms with Crippen molar-refractivity contribution in [2.24, 2.45) is 10.9 Å². The lowest BCUT2D eigenvalue weighted by Crippen LogP contribution is -2.42. The van der Waals surface area contributed by atoms with Crippen LogP contribution in [0.3, 0.4) is 0 Å². The normalized spacial score (nSPS) is 14.2. The maximum atomic E-state index is 12.5. The number of nitrogens with zero attached hydrogens (tertiary/aromatic N) is 2. The zero-order chi connectivity index (χ0) is 32.6. The fourth-order valence-corrected chi connectivity index (χ4v) is 3.93. The van der Waals surface area contributed by atoms with Gasteiger partial charge in [0.25, 0.3) is 5.91 Å². The fraction of sp³-hybridized carbons (Fsp3) is 0.486. The van der Waals surface area contributed by atoms with E-state index in [1.165, 1.54) is 38.7 Å². The number of nitrogens with one attached hydrogen (secondary N) is 1. The van der Waals surface area contributed by atoms with Gasteiger partial charge in [0.15, 0.2) is 5.71 Å². The zero-order valence-corrected chi connectivity index (χ0v) is 26.9. The Kier molecular flexibility index (Phi) is 20.1. The molecule has 0 aliphatic carbocycles. The number of ether oxygens (including phenoxy) is 2. The zero-order valence-electron chi connectivity index (χ0n) is 26.9. The molecule has 0 spiro atoms. The molecule has 0 saturated carbocycles. The number of pyridine rings is 1. The molecular formula is C35H49N3O6. The van der Waals surface area contributed by atoms with Gasteiger partial charge in [-0.2, -0.15) is 0 Å². The number of esters is 2. The van der Waals surface area contributed by atoms with Crippen molar-refractivity contribution in [2.45, 2.75) is 97.6 Å². The van der Waals surface area contributed by atoms with Crippen LogP contribution in [0.4, 0.5) is 0 Å². The first-order valence-corrected chi connectivity index (χ1v) is 15.4. The molecule has 9 nitrogen and oxygen atoms in total. The third-order valence-corrected chi connectivity index (χ3v) is 6.52. The first kappa shape index (κ1) is 37.9. The second kappa shape index (κ2) is 23.3. The second-order valence-electron chi connectivity index (χ2n) is 10.5. The lowest BCUT2D eigenvalue weighted by atomic mass is 10.0. The molecule has 0 radical (unpaired) electrons. The van der Waals surface area contributed by atoms with Crippen LogP contribution in [0.2, 0.25) is 0 Å². The predicted molar refractivity (Wildman–Crippen MR) is 174 cm³/mol. The largest absolute Gasteiger partial charge is 0.464 e. The number of aliphatic imine (C=N–C) groups is 1. The molecule has 1 rings (SSSR count). The Hall–Kier alpha value is -4.14. The number of allylic oxidation sites excluding steroid dienone is 8. The molecule has 0 aliphatic rings. The number of unbranched alkanes of at least 4 members (excludes halogenated alkanes) is 1. The number of hydrogen-bond acceptors (Lipinski definition) is 7. The molecule has 1 heterocycles. The summed E-state index contributed by atoms with van der Waals surface area (Å²) in [5, 5.41) is 2.60. The van der Waals surface area contributed by atoms with E-state index < -0.39 is 30.0 Å². The van der Waals surface area contributed by atoms with Crippen molar-refractivity contribution in [3.8, 4) is 0 Å². The number of methoxy groups -OCH3 is 1. The first-order chi connectivity index (χ1) is 21.2. The van der Waals surface area contributed by atoms with Crippen LogP contribution in [0.5, 0.6) is 0 Å². The molecule has 1 N–H and O–H groups in total. The minimum Gasteiger partial charge on any atom is -0.464 e. The number of hydrogen-bond donors (Lipinski definition) is 1. The predicted octanol–water partition coefficient (Wildman–Crippen LogP) is 6.66. The standard InChI is InChI=1S/C35H49N3O6/c1-6-7-8-17-21-27(2)22-18-15-13-11-9-10-12-14-16-19-24-31(39)37-28(3)34(41)44-29(4)32(35(42)43-5)38-33(40)30-23-20-25-36-26-30/h7-9,11-12,14-15,18,20,23,25-29H,6,10,13,16-17,19,21-22,24H2,1-5H3,(H,37,39)/b8-7-,11-9-,14-12-,18-15-,38-32?/t27?,28-,29+/m0/s1. The molecule has 0 bridgehead atoms. The van der Waals surface area contributed by atoms with Crippen molar-refractivity contribution >= 4 is 29.5 Å². The van der Waals surface area contributed by atoms with Gasteiger partial charge >= 0.3 is 11.9 Å². The Balaban J connectivity index is 2.33. The molecule has 44 heavy (non-hydrogen) atoms. The Morgan fingerprint density at radius 3 is 2.30 bits per heavy atom. The summed E-state index contributed by atoms with van der Waals surface area (Å²) < 4.78 is 9.99. The van der Waals surface area contributed by atoms with Gasteiger partial charge in [-0.15, -0.1) is 0 Å². The minimum atomic E-state index is -1.18. The highest BCUT2D eigenvalue weighted by Crippen LogP contribution is 2.12. The topological polar surface area (TPSA) is 124 Å². The van der Waals surface area contributed by atoms with Gasteiger partial charge in [-0.25, -0.2) is 14.6 Å². The number of carbonyl (C=O) groups excluding carboxylic acids is 4. The van der Waals surface area contributed by atoms with E-state index in [1.54, 1.807) is 6.07 Å². The van der Waals surface area contributed by atoms with Crippen LogP contribution in [-0.4, -0.2) is 53.7 Å². The van der Waals surface area contributed by atoms with Gasteiger partial charge in [0.05, 0.1) is 12.7 Å². The van der Waals surface area contributed by atoms with E-state index in [0.717, 1.165) is 45.6 Å². The highest BCUT2D eigenvalue weighted by molar-refractivity contribution is 6.40. The van der Waals surface area contributed by atoms with E-state index >= 15 is 0 Å². The molecule has 0 saturated heterocycles. The minimum absolute atomic E-state index is 0.161. The molecule has 1 aromatic heterocycles. The second-order valence-corrected chi connectivity index (χ2v) is 10.5. The van der Waals surface area contributed by atoms with E-state index in [9.17, 15) is 19.2 Å². The van der Waals surface area contributed by atoms with Crippen LogP contribution >= 0.6 is 0 Å². The lowest BCUT2D eigenvalue weighted by molar-refractivity contribution is -0.149. The quantitative estimate of drug-likeness (QED) is 0.0760. The molecule has 0 aliphatic heterocycles. The maximum Gasteiger partial charge on any atom is 0.356 e. The summed E-state index contributed by atoms with van der Waals surface area (Å²) in [6.07, 6.45) is 27.0. The number of rotatable bonds is 20. The van der Waals surface area contributed by atoms with Gasteiger partial charge in [0.1, 0.15) is 12.1 Å². The van der Waals surface area contributed by atoms with Gasteiger partial charge in [-0.1, -0.05) is 62.5 Å². The van der Waals surface area contributed by atoms with Crippen LogP contribution in [0.1, 0.15) is 95.8 Å². The number of amides is 2. The molecule has 1 aromatic rings. The summed E-state index contributed by atoms with van der Waals surface area (Å²) in [7, 11) is 1.13. The molecule has 2 amide bonds. The first-order valence-electron chi connectivity index (χ1n) is 15.4. The number of carbonyl (C=O) groups is 4. The fourth-order valence-electron chi connectivity index (χ4n) is 3.93. The molecule has 9 heteroatoms. The SMILES string of the molecule is CC/C=C\CCC(C)C/C=C\C/C=C\C/C=C\CCCC(=O)N[C@@H](C)C(=O)O[C@H](C)C(=NC(=O)c1cccnc1)C(=O)OC. The number of aromatic nitrogens is 1. The van der Waals surface area contributed by atoms with Gasteiger partial charge < -0.3 is 14.8 Å². The Labute approximate surface area is 262 Å². The van der Waals surface area contributed by atoms with Crippen molar-refractivity contribution in [3.63, 3.8) is 0 Å². The van der Waals surface area contributed by atoms with Crippen LogP contribution in [0.15, 0.2) is 78.1 Å². The molecular weight excluding hydrogens is 558 g/mol. The molecule has 3 atom stereocenters. The Morgan fingerprint density at radius 1 is 0.955 bits per heavy atom. The monoisotopic (exact) mass is 607 g/mol. The average Bonchev–Trinajstić information content (AvgIpc) is 3.02. The molecule has 1 unspecified atom stereocenters. The van der Waals surface area contributed by atoms with Crippen LogP contribution in [0.25, 0.3) is 0 Å². The van der Waals surface area contributed by atoms with E-state index in [2.05, 4.69) is 71.7 Å². The van der Waals surface area contributed by atoms with Crippen molar-refractivity contribution < 1.29 is 28.7 Å².